The van der Waals surface area contributed by atoms with Gasteiger partial charge in [0.1, 0.15) is 5.75 Å². The number of carboxylic acid groups (broad SMARTS) is 1. The molecule has 0 saturated carbocycles. The Morgan fingerprint density at radius 3 is 2.39 bits per heavy atom. The molecular formula is C25H23F3N3NaO6. The zero-order valence-corrected chi connectivity index (χ0v) is 22.8. The minimum Gasteiger partial charge on any atom is -0.550 e. The van der Waals surface area contributed by atoms with Crippen molar-refractivity contribution in [3.63, 3.8) is 0 Å². The number of carbonyl (C=O) groups is 4. The van der Waals surface area contributed by atoms with Crippen LogP contribution in [0.1, 0.15) is 24.9 Å². The summed E-state index contributed by atoms with van der Waals surface area (Å²) in [6.07, 6.45) is -3.96. The van der Waals surface area contributed by atoms with Crippen LogP contribution < -0.4 is 50.0 Å². The maximum atomic E-state index is 12.8. The van der Waals surface area contributed by atoms with Crippen molar-refractivity contribution in [3.05, 3.63) is 65.9 Å². The fourth-order valence-corrected chi connectivity index (χ4v) is 3.73. The van der Waals surface area contributed by atoms with Crippen LogP contribution in [0.4, 0.5) is 18.0 Å². The van der Waals surface area contributed by atoms with Crippen LogP contribution in [0.5, 0.6) is 5.75 Å². The zero-order chi connectivity index (χ0) is 27.3. The summed E-state index contributed by atoms with van der Waals surface area (Å²) in [7, 11) is 1.41. The van der Waals surface area contributed by atoms with Gasteiger partial charge in [0, 0.05) is 36.8 Å². The maximum absolute atomic E-state index is 12.8. The van der Waals surface area contributed by atoms with E-state index in [-0.39, 0.29) is 52.0 Å². The number of halogens is 3. The third-order valence-corrected chi connectivity index (χ3v) is 5.47. The molecule has 1 aliphatic rings. The predicted octanol–water partition coefficient (Wildman–Crippen LogP) is -0.907. The molecule has 2 unspecified atom stereocenters. The van der Waals surface area contributed by atoms with Gasteiger partial charge in [0.05, 0.1) is 6.04 Å². The summed E-state index contributed by atoms with van der Waals surface area (Å²) in [5.74, 6) is -2.92. The molecule has 0 aliphatic carbocycles. The number of hydrogen-bond acceptors (Lipinski definition) is 6. The molecule has 2 N–H and O–H groups in total. The van der Waals surface area contributed by atoms with Crippen LogP contribution in [0.3, 0.4) is 0 Å². The number of likely N-dealkylation sites (N-methyl/N-ethyl adjacent to an activating group) is 1. The third-order valence-electron chi connectivity index (χ3n) is 5.47. The first kappa shape index (κ1) is 30.9. The minimum atomic E-state index is -4.58. The number of carboxylic acids is 1. The topological polar surface area (TPSA) is 128 Å². The molecule has 3 rings (SSSR count). The number of alkyl halides is 3. The number of rotatable bonds is 8. The number of carbonyl (C=O) groups excluding carboxylic acids is 4. The summed E-state index contributed by atoms with van der Waals surface area (Å²) in [5.41, 5.74) is 1.17. The molecule has 2 aromatic rings. The Morgan fingerprint density at radius 1 is 1.13 bits per heavy atom. The number of amides is 3. The molecule has 0 fully saturated rings. The van der Waals surface area contributed by atoms with Crippen molar-refractivity contribution in [1.82, 2.24) is 15.5 Å². The Kier molecular flexibility index (Phi) is 10.5. The Labute approximate surface area is 238 Å². The molecule has 196 valence electrons. The van der Waals surface area contributed by atoms with E-state index in [0.717, 1.165) is 4.90 Å². The first-order valence-corrected chi connectivity index (χ1v) is 11.0. The minimum absolute atomic E-state index is 0. The quantitative estimate of drug-likeness (QED) is 0.329. The SMILES string of the molecule is CC1=CN(C)C(=O)C(NC(=O)NC(CC(=O)[O-])c2ccc(OCC(F)(F)F)c(-c3ccccc3)c2)C1=O.[Na+]. The van der Waals surface area contributed by atoms with Crippen LogP contribution in [0.15, 0.2) is 60.3 Å². The third kappa shape index (κ3) is 8.07. The van der Waals surface area contributed by atoms with E-state index < -0.39 is 55.0 Å². The molecule has 1 heterocycles. The van der Waals surface area contributed by atoms with E-state index in [1.54, 1.807) is 30.3 Å². The van der Waals surface area contributed by atoms with Gasteiger partial charge in [-0.15, -0.1) is 0 Å². The van der Waals surface area contributed by atoms with Gasteiger partial charge in [-0.05, 0) is 30.2 Å². The Hall–Kier alpha value is -3.35. The number of benzene rings is 2. The van der Waals surface area contributed by atoms with Gasteiger partial charge >= 0.3 is 41.8 Å². The van der Waals surface area contributed by atoms with E-state index in [9.17, 15) is 37.5 Å². The molecule has 0 bridgehead atoms. The van der Waals surface area contributed by atoms with Gasteiger partial charge in [-0.25, -0.2) is 4.79 Å². The summed E-state index contributed by atoms with van der Waals surface area (Å²) in [4.78, 5) is 50.0. The van der Waals surface area contributed by atoms with Crippen molar-refractivity contribution < 1.29 is 71.8 Å². The van der Waals surface area contributed by atoms with E-state index in [1.165, 1.54) is 38.4 Å². The molecule has 9 nitrogen and oxygen atoms in total. The second-order valence-corrected chi connectivity index (χ2v) is 8.33. The van der Waals surface area contributed by atoms with Crippen LogP contribution >= 0.6 is 0 Å². The van der Waals surface area contributed by atoms with Crippen LogP contribution in [-0.2, 0) is 14.4 Å². The summed E-state index contributed by atoms with van der Waals surface area (Å²) in [6.45, 7) is -0.0641. The molecule has 38 heavy (non-hydrogen) atoms. The van der Waals surface area contributed by atoms with Gasteiger partial charge < -0.3 is 30.2 Å². The van der Waals surface area contributed by atoms with Crippen molar-refractivity contribution in [2.45, 2.75) is 31.6 Å². The number of ether oxygens (including phenoxy) is 1. The van der Waals surface area contributed by atoms with Crippen molar-refractivity contribution in [1.29, 1.82) is 0 Å². The van der Waals surface area contributed by atoms with E-state index in [2.05, 4.69) is 10.6 Å². The largest absolute Gasteiger partial charge is 1.00 e. The van der Waals surface area contributed by atoms with Crippen molar-refractivity contribution in [2.24, 2.45) is 0 Å². The van der Waals surface area contributed by atoms with Crippen LogP contribution in [0, 0.1) is 0 Å². The van der Waals surface area contributed by atoms with E-state index in [1.807, 2.05) is 0 Å². The van der Waals surface area contributed by atoms with Gasteiger partial charge in [-0.3, -0.25) is 9.59 Å². The Morgan fingerprint density at radius 2 is 1.79 bits per heavy atom. The van der Waals surface area contributed by atoms with Crippen LogP contribution in [-0.4, -0.2) is 54.5 Å². The first-order chi connectivity index (χ1) is 17.4. The molecule has 1 aliphatic heterocycles. The number of Topliss-reactive ketones (excluding diaryl/α,β-unsaturated/α-hetero) is 1. The molecule has 0 saturated heterocycles. The fraction of sp³-hybridized carbons (Fsp3) is 0.280. The molecule has 2 atom stereocenters. The second-order valence-electron chi connectivity index (χ2n) is 8.33. The summed E-state index contributed by atoms with van der Waals surface area (Å²) >= 11 is 0. The predicted molar refractivity (Wildman–Crippen MR) is 123 cm³/mol. The smallest absolute Gasteiger partial charge is 0.550 e. The van der Waals surface area contributed by atoms with Crippen molar-refractivity contribution in [2.75, 3.05) is 13.7 Å². The van der Waals surface area contributed by atoms with Gasteiger partial charge in [-0.2, -0.15) is 13.2 Å². The number of ketones is 1. The van der Waals surface area contributed by atoms with Gasteiger partial charge in [0.15, 0.2) is 18.4 Å². The summed E-state index contributed by atoms with van der Waals surface area (Å²) in [6, 6.07) is 8.50. The Balaban J connectivity index is 0.00000507. The summed E-state index contributed by atoms with van der Waals surface area (Å²) in [5, 5.41) is 16.1. The Bertz CT molecular complexity index is 1240. The molecule has 0 aromatic heterocycles. The number of aliphatic carboxylic acids is 1. The monoisotopic (exact) mass is 541 g/mol. The van der Waals surface area contributed by atoms with Gasteiger partial charge in [-0.1, -0.05) is 36.4 Å². The second kappa shape index (κ2) is 12.9. The zero-order valence-electron chi connectivity index (χ0n) is 20.8. The van der Waals surface area contributed by atoms with Crippen molar-refractivity contribution in [3.8, 4) is 16.9 Å². The number of nitrogens with zero attached hydrogens (tertiary/aromatic N) is 1. The molecule has 2 aromatic carbocycles. The number of urea groups is 1. The maximum Gasteiger partial charge on any atom is 1.00 e. The average Bonchev–Trinajstić information content (AvgIpc) is 2.83. The normalized spacial score (nSPS) is 16.2. The fourth-order valence-electron chi connectivity index (χ4n) is 3.73. The van der Waals surface area contributed by atoms with E-state index in [0.29, 0.717) is 5.56 Å². The standard InChI is InChI=1S/C25H24F3N3O6.Na/c1-14-12-31(2)23(35)21(22(14)34)30-24(36)29-18(11-20(32)33)16-8-9-19(37-13-25(26,27)28)17(10-16)15-6-4-3-5-7-15;/h3-10,12,18,21H,11,13H2,1-2H3,(H,32,33)(H2,29,30,36);/q;+1/p-1. The van der Waals surface area contributed by atoms with E-state index in [4.69, 9.17) is 4.74 Å². The average molecular weight is 541 g/mol. The molecule has 0 radical (unpaired) electrons. The molecule has 3 amide bonds. The first-order valence-electron chi connectivity index (χ1n) is 11.0. The van der Waals surface area contributed by atoms with Crippen molar-refractivity contribution >= 4 is 23.7 Å². The number of hydrogen-bond donors (Lipinski definition) is 2. The molecule has 0 spiro atoms. The number of nitrogens with one attached hydrogen (secondary N) is 2. The van der Waals surface area contributed by atoms with Gasteiger partial charge in [0.25, 0.3) is 5.91 Å². The van der Waals surface area contributed by atoms with E-state index >= 15 is 0 Å². The van der Waals surface area contributed by atoms with Gasteiger partial charge in [0.2, 0.25) is 0 Å². The molecule has 13 heteroatoms. The summed E-state index contributed by atoms with van der Waals surface area (Å²) < 4.78 is 43.2. The van der Waals surface area contributed by atoms with Crippen LogP contribution in [0.25, 0.3) is 11.1 Å². The molecular weight excluding hydrogens is 518 g/mol. The van der Waals surface area contributed by atoms with Crippen LogP contribution in [0.2, 0.25) is 0 Å².